The van der Waals surface area contributed by atoms with E-state index in [1.165, 1.54) is 24.4 Å². The van der Waals surface area contributed by atoms with Crippen LogP contribution in [0.1, 0.15) is 35.8 Å². The van der Waals surface area contributed by atoms with Gasteiger partial charge in [-0.25, -0.2) is 9.98 Å². The van der Waals surface area contributed by atoms with Crippen molar-refractivity contribution in [1.82, 2.24) is 20.5 Å². The van der Waals surface area contributed by atoms with Gasteiger partial charge in [0.1, 0.15) is 0 Å². The molecule has 2 N–H and O–H groups in total. The third kappa shape index (κ3) is 6.54. The maximum Gasteiger partial charge on any atom is 0.191 e. The average Bonchev–Trinajstić information content (AvgIpc) is 3.08. The lowest BCUT2D eigenvalue weighted by atomic mass is 10.1. The summed E-state index contributed by atoms with van der Waals surface area (Å²) in [6, 6.07) is 0. The van der Waals surface area contributed by atoms with Crippen LogP contribution in [0.5, 0.6) is 0 Å². The van der Waals surface area contributed by atoms with E-state index in [1.54, 1.807) is 11.3 Å². The number of hydrogen-bond donors (Lipinski definition) is 2. The summed E-state index contributed by atoms with van der Waals surface area (Å²) in [5.41, 5.74) is 1.11. The predicted molar refractivity (Wildman–Crippen MR) is 110 cm³/mol. The Balaban J connectivity index is 0.00000264. The van der Waals surface area contributed by atoms with Crippen LogP contribution in [-0.4, -0.2) is 48.6 Å². The first-order valence-electron chi connectivity index (χ1n) is 8.29. The Bertz CT molecular complexity index is 503. The molecular weight excluding hydrogens is 421 g/mol. The molecule has 2 rings (SSSR count). The molecule has 1 aliphatic rings. The Morgan fingerprint density at radius 3 is 2.70 bits per heavy atom. The van der Waals surface area contributed by atoms with E-state index in [9.17, 15) is 0 Å². The number of nitrogens with zero attached hydrogens (tertiary/aromatic N) is 3. The Hall–Kier alpha value is -0.410. The van der Waals surface area contributed by atoms with Crippen LogP contribution < -0.4 is 10.6 Å². The summed E-state index contributed by atoms with van der Waals surface area (Å²) < 4.78 is 0. The van der Waals surface area contributed by atoms with Gasteiger partial charge in [-0.15, -0.1) is 35.3 Å². The first-order chi connectivity index (χ1) is 10.6. The number of rotatable bonds is 6. The smallest absolute Gasteiger partial charge is 0.191 e. The number of likely N-dealkylation sites (tertiary alicyclic amines) is 1. The molecule has 1 fully saturated rings. The molecule has 5 nitrogen and oxygen atoms in total. The number of thiazole rings is 1. The lowest BCUT2D eigenvalue weighted by molar-refractivity contribution is 0.342. The van der Waals surface area contributed by atoms with E-state index in [0.29, 0.717) is 6.54 Å². The summed E-state index contributed by atoms with van der Waals surface area (Å²) in [5.74, 6) is 1.65. The Kier molecular flexibility index (Phi) is 9.38. The van der Waals surface area contributed by atoms with Crippen LogP contribution in [-0.2, 0) is 6.54 Å². The molecule has 0 bridgehead atoms. The number of guanidine groups is 1. The molecule has 1 atom stereocenters. The predicted octanol–water partition coefficient (Wildman–Crippen LogP) is 2.77. The van der Waals surface area contributed by atoms with Crippen molar-refractivity contribution in [3.63, 3.8) is 0 Å². The van der Waals surface area contributed by atoms with Crippen LogP contribution in [0.15, 0.2) is 4.99 Å². The zero-order valence-corrected chi connectivity index (χ0v) is 17.8. The molecule has 1 aromatic rings. The van der Waals surface area contributed by atoms with E-state index < -0.39 is 0 Å². The van der Waals surface area contributed by atoms with E-state index in [4.69, 9.17) is 4.99 Å². The molecule has 1 aliphatic heterocycles. The van der Waals surface area contributed by atoms with Crippen molar-refractivity contribution in [2.24, 2.45) is 10.9 Å². The molecule has 7 heteroatoms. The topological polar surface area (TPSA) is 52.6 Å². The van der Waals surface area contributed by atoms with Gasteiger partial charge in [0, 0.05) is 24.5 Å². The fraction of sp³-hybridized carbons (Fsp3) is 0.750. The minimum Gasteiger partial charge on any atom is -0.357 e. The van der Waals surface area contributed by atoms with E-state index in [1.807, 2.05) is 6.92 Å². The Labute approximate surface area is 161 Å². The second kappa shape index (κ2) is 10.5. The zero-order valence-electron chi connectivity index (χ0n) is 14.7. The normalized spacial score (nSPS) is 18.8. The molecule has 1 saturated heterocycles. The number of halogens is 1. The second-order valence-electron chi connectivity index (χ2n) is 5.87. The van der Waals surface area contributed by atoms with Crippen LogP contribution in [0.4, 0.5) is 0 Å². The number of aliphatic imine (C=N–C) groups is 1. The van der Waals surface area contributed by atoms with Crippen LogP contribution >= 0.6 is 35.3 Å². The van der Waals surface area contributed by atoms with E-state index in [-0.39, 0.29) is 24.0 Å². The lowest BCUT2D eigenvalue weighted by Gasteiger charge is -2.16. The van der Waals surface area contributed by atoms with Crippen molar-refractivity contribution in [1.29, 1.82) is 0 Å². The Morgan fingerprint density at radius 2 is 2.13 bits per heavy atom. The van der Waals surface area contributed by atoms with Crippen LogP contribution in [0.3, 0.4) is 0 Å². The summed E-state index contributed by atoms with van der Waals surface area (Å²) >= 11 is 1.74. The average molecular weight is 451 g/mol. The second-order valence-corrected chi connectivity index (χ2v) is 7.15. The number of aryl methyl sites for hydroxylation is 2. The summed E-state index contributed by atoms with van der Waals surface area (Å²) in [5, 5.41) is 7.95. The monoisotopic (exact) mass is 451 g/mol. The summed E-state index contributed by atoms with van der Waals surface area (Å²) in [6.07, 6.45) is 1.29. The molecule has 0 radical (unpaired) electrons. The number of hydrogen-bond acceptors (Lipinski definition) is 4. The fourth-order valence-electron chi connectivity index (χ4n) is 2.82. The quantitative estimate of drug-likeness (QED) is 0.397. The van der Waals surface area contributed by atoms with Crippen molar-refractivity contribution in [2.45, 2.75) is 40.7 Å². The molecule has 23 heavy (non-hydrogen) atoms. The van der Waals surface area contributed by atoms with E-state index in [0.717, 1.165) is 42.2 Å². The van der Waals surface area contributed by atoms with Gasteiger partial charge in [-0.05, 0) is 46.2 Å². The van der Waals surface area contributed by atoms with Crippen LogP contribution in [0.2, 0.25) is 0 Å². The van der Waals surface area contributed by atoms with Gasteiger partial charge in [-0.1, -0.05) is 6.92 Å². The number of aromatic nitrogens is 1. The maximum absolute atomic E-state index is 4.71. The van der Waals surface area contributed by atoms with Gasteiger partial charge < -0.3 is 15.5 Å². The summed E-state index contributed by atoms with van der Waals surface area (Å²) in [4.78, 5) is 12.9. The van der Waals surface area contributed by atoms with Crippen molar-refractivity contribution < 1.29 is 0 Å². The largest absolute Gasteiger partial charge is 0.357 e. The summed E-state index contributed by atoms with van der Waals surface area (Å²) in [6.45, 7) is 14.6. The van der Waals surface area contributed by atoms with Crippen LogP contribution in [0.25, 0.3) is 0 Å². The molecule has 0 aromatic carbocycles. The molecule has 2 heterocycles. The first kappa shape index (κ1) is 20.6. The fourth-order valence-corrected chi connectivity index (χ4v) is 3.68. The molecule has 0 spiro atoms. The molecule has 0 amide bonds. The highest BCUT2D eigenvalue weighted by molar-refractivity contribution is 14.0. The van der Waals surface area contributed by atoms with Crippen LogP contribution in [0, 0.1) is 19.8 Å². The van der Waals surface area contributed by atoms with Crippen molar-refractivity contribution in [3.8, 4) is 0 Å². The Morgan fingerprint density at radius 1 is 1.35 bits per heavy atom. The van der Waals surface area contributed by atoms with E-state index >= 15 is 0 Å². The highest BCUT2D eigenvalue weighted by atomic mass is 127. The molecule has 1 unspecified atom stereocenters. The van der Waals surface area contributed by atoms with Crippen molar-refractivity contribution in [2.75, 3.05) is 32.7 Å². The van der Waals surface area contributed by atoms with Gasteiger partial charge >= 0.3 is 0 Å². The van der Waals surface area contributed by atoms with Gasteiger partial charge in [0.25, 0.3) is 0 Å². The first-order valence-corrected chi connectivity index (χ1v) is 9.11. The van der Waals surface area contributed by atoms with Gasteiger partial charge in [-0.3, -0.25) is 0 Å². The molecule has 0 aliphatic carbocycles. The molecule has 132 valence electrons. The van der Waals surface area contributed by atoms with Crippen molar-refractivity contribution in [3.05, 3.63) is 15.6 Å². The van der Waals surface area contributed by atoms with Gasteiger partial charge in [0.15, 0.2) is 5.96 Å². The SMILES string of the molecule is CCNC(=NCc1sc(C)nc1C)NCC1CCN(CC)C1.I. The highest BCUT2D eigenvalue weighted by Gasteiger charge is 2.20. The molecule has 1 aromatic heterocycles. The maximum atomic E-state index is 4.71. The third-order valence-corrected chi connectivity index (χ3v) is 5.16. The zero-order chi connectivity index (χ0) is 15.9. The number of nitrogens with one attached hydrogen (secondary N) is 2. The standard InChI is InChI=1S/C16H29N5S.HI/c1-5-17-16(18-9-14-7-8-21(6-2)11-14)19-10-15-12(3)20-13(4)22-15;/h14H,5-11H2,1-4H3,(H2,17,18,19);1H. The minimum absolute atomic E-state index is 0. The van der Waals surface area contributed by atoms with E-state index in [2.05, 4.69) is 41.3 Å². The lowest BCUT2D eigenvalue weighted by Crippen LogP contribution is -2.40. The van der Waals surface area contributed by atoms with Gasteiger partial charge in [0.05, 0.1) is 17.2 Å². The molecular formula is C16H30IN5S. The van der Waals surface area contributed by atoms with Gasteiger partial charge in [0.2, 0.25) is 0 Å². The molecule has 0 saturated carbocycles. The van der Waals surface area contributed by atoms with Crippen molar-refractivity contribution >= 4 is 41.3 Å². The minimum atomic E-state index is 0. The summed E-state index contributed by atoms with van der Waals surface area (Å²) in [7, 11) is 0. The third-order valence-electron chi connectivity index (χ3n) is 4.10. The highest BCUT2D eigenvalue weighted by Crippen LogP contribution is 2.18. The van der Waals surface area contributed by atoms with Gasteiger partial charge in [-0.2, -0.15) is 0 Å².